The molecule has 0 rings (SSSR count). The number of rotatable bonds is 61. The van der Waals surface area contributed by atoms with Crippen LogP contribution in [0.15, 0.2) is 60.8 Å². The molecule has 3 atom stereocenters. The molecule has 0 heterocycles. The molecule has 3 unspecified atom stereocenters. The van der Waals surface area contributed by atoms with Gasteiger partial charge in [-0.2, -0.15) is 0 Å². The predicted octanol–water partition coefficient (Wildman–Crippen LogP) is 20.2. The van der Waals surface area contributed by atoms with Gasteiger partial charge in [-0.15, -0.1) is 0 Å². The third-order valence-electron chi connectivity index (χ3n) is 14.9. The molecule has 9 heteroatoms. The number of aliphatic hydroxyl groups is 1. The Morgan fingerprint density at radius 2 is 0.766 bits per heavy atom. The highest BCUT2D eigenvalue weighted by Gasteiger charge is 2.23. The van der Waals surface area contributed by atoms with Crippen molar-refractivity contribution in [2.75, 3.05) is 40.9 Å². The molecule has 0 aliphatic carbocycles. The molecule has 0 saturated heterocycles. The number of nitrogens with one attached hydrogen (secondary N) is 1. The van der Waals surface area contributed by atoms with Crippen LogP contribution in [0.5, 0.6) is 0 Å². The maximum atomic E-state index is 13.0. The van der Waals surface area contributed by atoms with E-state index < -0.39 is 26.6 Å². The first kappa shape index (κ1) is 75.2. The van der Waals surface area contributed by atoms with E-state index in [1.54, 1.807) is 6.08 Å². The monoisotopic (exact) mass is 1100 g/mol. The van der Waals surface area contributed by atoms with Crippen molar-refractivity contribution in [1.29, 1.82) is 0 Å². The minimum absolute atomic E-state index is 0.00675. The first-order valence-corrected chi connectivity index (χ1v) is 34.6. The molecule has 0 bridgehead atoms. The van der Waals surface area contributed by atoms with E-state index >= 15 is 0 Å². The number of amides is 1. The van der Waals surface area contributed by atoms with Gasteiger partial charge in [-0.25, -0.2) is 0 Å². The maximum Gasteiger partial charge on any atom is 0.268 e. The number of carbonyl (C=O) groups is 1. The van der Waals surface area contributed by atoms with E-state index in [1.165, 1.54) is 244 Å². The van der Waals surface area contributed by atoms with E-state index in [2.05, 4.69) is 67.8 Å². The topological polar surface area (TPSA) is 108 Å². The third kappa shape index (κ3) is 61.7. The van der Waals surface area contributed by atoms with Crippen molar-refractivity contribution in [2.24, 2.45) is 0 Å². The van der Waals surface area contributed by atoms with E-state index in [-0.39, 0.29) is 12.5 Å². The molecule has 0 saturated carbocycles. The molecule has 2 N–H and O–H groups in total. The number of phosphoric acid groups is 1. The molecule has 0 fully saturated rings. The van der Waals surface area contributed by atoms with Gasteiger partial charge < -0.3 is 28.8 Å². The first-order valence-electron chi connectivity index (χ1n) is 33.2. The number of nitrogens with zero attached hydrogens (tertiary/aromatic N) is 1. The summed E-state index contributed by atoms with van der Waals surface area (Å²) in [6.45, 7) is 4.65. The lowest BCUT2D eigenvalue weighted by Gasteiger charge is -2.29. The number of phosphoric ester groups is 1. The fourth-order valence-corrected chi connectivity index (χ4v) is 10.5. The zero-order valence-corrected chi connectivity index (χ0v) is 52.6. The largest absolute Gasteiger partial charge is 0.756 e. The quantitative estimate of drug-likeness (QED) is 0.0272. The van der Waals surface area contributed by atoms with Gasteiger partial charge in [0, 0.05) is 6.42 Å². The van der Waals surface area contributed by atoms with Crippen LogP contribution in [0.2, 0.25) is 0 Å². The van der Waals surface area contributed by atoms with Gasteiger partial charge in [0.1, 0.15) is 13.2 Å². The summed E-state index contributed by atoms with van der Waals surface area (Å²) in [5, 5.41) is 13.9. The van der Waals surface area contributed by atoms with Crippen molar-refractivity contribution in [3.05, 3.63) is 60.8 Å². The standard InChI is InChI=1S/C68H129N2O6P/c1-6-8-10-12-14-16-18-20-22-24-26-28-30-32-33-34-35-36-37-38-40-42-44-46-48-50-52-54-56-58-60-62-68(72)69-66(65-76-77(73,74)75-64-63-70(3,4)5)67(71)61-59-57-55-53-51-49-47-45-43-41-39-31-29-27-25-23-21-19-17-15-13-11-9-7-2/h18,20,24,26,30,32,51,53,59,61,66-67,71H,6-17,19,21-23,25,27-29,31,33-50,52,54-58,60,62-65H2,1-5H3,(H-,69,72,73,74)/b20-18-,26-24-,32-30-,53-51+,61-59+. The number of hydrogen-bond acceptors (Lipinski definition) is 6. The van der Waals surface area contributed by atoms with Crippen molar-refractivity contribution in [1.82, 2.24) is 5.32 Å². The zero-order chi connectivity index (χ0) is 56.3. The summed E-state index contributed by atoms with van der Waals surface area (Å²) >= 11 is 0. The van der Waals surface area contributed by atoms with Gasteiger partial charge in [0.05, 0.1) is 39.9 Å². The molecule has 0 radical (unpaired) electrons. The van der Waals surface area contributed by atoms with Crippen LogP contribution in [0, 0.1) is 0 Å². The number of hydrogen-bond donors (Lipinski definition) is 2. The lowest BCUT2D eigenvalue weighted by atomic mass is 10.0. The van der Waals surface area contributed by atoms with Gasteiger partial charge in [0.2, 0.25) is 5.91 Å². The minimum Gasteiger partial charge on any atom is -0.756 e. The highest BCUT2D eigenvalue weighted by atomic mass is 31.2. The van der Waals surface area contributed by atoms with Gasteiger partial charge in [-0.1, -0.05) is 299 Å². The van der Waals surface area contributed by atoms with Gasteiger partial charge >= 0.3 is 0 Å². The van der Waals surface area contributed by atoms with Gasteiger partial charge in [0.25, 0.3) is 7.82 Å². The molecular weight excluding hydrogens is 972 g/mol. The molecule has 0 aliphatic rings. The molecule has 0 aliphatic heterocycles. The number of likely N-dealkylation sites (N-methyl/N-ethyl adjacent to an activating group) is 1. The number of carbonyl (C=O) groups excluding carboxylic acids is 1. The molecule has 0 aromatic rings. The van der Waals surface area contributed by atoms with Gasteiger partial charge in [-0.05, 0) is 70.6 Å². The summed E-state index contributed by atoms with van der Waals surface area (Å²) < 4.78 is 23.4. The number of allylic oxidation sites excluding steroid dienone is 9. The number of quaternary nitrogens is 1. The molecular formula is C68H129N2O6P. The Balaban J connectivity index is 4.13. The van der Waals surface area contributed by atoms with Gasteiger partial charge in [-0.3, -0.25) is 9.36 Å². The van der Waals surface area contributed by atoms with Crippen LogP contribution in [-0.2, 0) is 18.4 Å². The third-order valence-corrected chi connectivity index (χ3v) is 15.9. The Kier molecular flexibility index (Phi) is 57.5. The molecule has 0 spiro atoms. The smallest absolute Gasteiger partial charge is 0.268 e. The Morgan fingerprint density at radius 3 is 1.14 bits per heavy atom. The lowest BCUT2D eigenvalue weighted by molar-refractivity contribution is -0.870. The van der Waals surface area contributed by atoms with Crippen molar-refractivity contribution in [3.63, 3.8) is 0 Å². The lowest BCUT2D eigenvalue weighted by Crippen LogP contribution is -2.45. The second-order valence-corrected chi connectivity index (χ2v) is 25.2. The number of aliphatic hydroxyl groups excluding tert-OH is 1. The van der Waals surface area contributed by atoms with Crippen molar-refractivity contribution < 1.29 is 32.9 Å². The second-order valence-electron chi connectivity index (χ2n) is 23.8. The van der Waals surface area contributed by atoms with Crippen LogP contribution in [0.25, 0.3) is 0 Å². The van der Waals surface area contributed by atoms with E-state index in [1.807, 2.05) is 27.2 Å². The van der Waals surface area contributed by atoms with Crippen molar-refractivity contribution in [3.8, 4) is 0 Å². The highest BCUT2D eigenvalue weighted by molar-refractivity contribution is 7.45. The van der Waals surface area contributed by atoms with Crippen molar-refractivity contribution >= 4 is 13.7 Å². The Morgan fingerprint density at radius 1 is 0.455 bits per heavy atom. The summed E-state index contributed by atoms with van der Waals surface area (Å²) in [5.74, 6) is -0.204. The molecule has 8 nitrogen and oxygen atoms in total. The van der Waals surface area contributed by atoms with E-state index in [0.29, 0.717) is 17.4 Å². The summed E-state index contributed by atoms with van der Waals surface area (Å²) in [6, 6.07) is -0.906. The van der Waals surface area contributed by atoms with Crippen LogP contribution in [0.3, 0.4) is 0 Å². The summed E-state index contributed by atoms with van der Waals surface area (Å²) in [4.78, 5) is 25.6. The Bertz CT molecular complexity index is 1440. The summed E-state index contributed by atoms with van der Waals surface area (Å²) in [7, 11) is 1.25. The van der Waals surface area contributed by atoms with Crippen LogP contribution in [0.1, 0.15) is 316 Å². The normalized spacial score (nSPS) is 14.1. The molecule has 452 valence electrons. The van der Waals surface area contributed by atoms with Crippen LogP contribution in [-0.4, -0.2) is 68.5 Å². The Labute approximate surface area is 479 Å². The SMILES string of the molecule is CCCCCCC/C=C\C/C=C\C/C=C\CCCCCCCCCCCCCCCCCCC(=O)NC(COP(=O)([O-])OCC[N+](C)(C)C)C(O)/C=C/CC/C=C/CCCCCCCCCCCCCCCCCCCC. The zero-order valence-electron chi connectivity index (χ0n) is 51.7. The molecule has 0 aromatic carbocycles. The Hall–Kier alpha value is -1.80. The number of unbranched alkanes of at least 4 members (excludes halogenated alkanes) is 40. The van der Waals surface area contributed by atoms with Gasteiger partial charge in [0.15, 0.2) is 0 Å². The average molecular weight is 1100 g/mol. The predicted molar refractivity (Wildman–Crippen MR) is 334 cm³/mol. The van der Waals surface area contributed by atoms with E-state index in [0.717, 1.165) is 51.4 Å². The van der Waals surface area contributed by atoms with Crippen LogP contribution in [0.4, 0.5) is 0 Å². The van der Waals surface area contributed by atoms with Crippen molar-refractivity contribution in [2.45, 2.75) is 328 Å². The summed E-state index contributed by atoms with van der Waals surface area (Å²) in [6.07, 6.45) is 80.4. The molecule has 0 aromatic heterocycles. The highest BCUT2D eigenvalue weighted by Crippen LogP contribution is 2.38. The molecule has 77 heavy (non-hydrogen) atoms. The van der Waals surface area contributed by atoms with Crippen LogP contribution < -0.4 is 10.2 Å². The fourth-order valence-electron chi connectivity index (χ4n) is 9.77. The maximum absolute atomic E-state index is 13.0. The first-order chi connectivity index (χ1) is 37.5. The van der Waals surface area contributed by atoms with E-state index in [4.69, 9.17) is 9.05 Å². The summed E-state index contributed by atoms with van der Waals surface area (Å²) in [5.41, 5.74) is 0. The average Bonchev–Trinajstić information content (AvgIpc) is 3.39. The van der Waals surface area contributed by atoms with E-state index in [9.17, 15) is 19.4 Å². The fraction of sp³-hybridized carbons (Fsp3) is 0.838. The van der Waals surface area contributed by atoms with Crippen LogP contribution >= 0.6 is 7.82 Å². The molecule has 1 amide bonds. The minimum atomic E-state index is -4.61. The second kappa shape index (κ2) is 58.8.